The summed E-state index contributed by atoms with van der Waals surface area (Å²) in [6, 6.07) is 1.74. The summed E-state index contributed by atoms with van der Waals surface area (Å²) < 4.78 is 1.55. The van der Waals surface area contributed by atoms with Crippen LogP contribution in [0.5, 0.6) is 0 Å². The third-order valence-corrected chi connectivity index (χ3v) is 3.10. The summed E-state index contributed by atoms with van der Waals surface area (Å²) >= 11 is 0. The number of nitrogens with zero attached hydrogens (tertiary/aromatic N) is 2. The molecule has 2 rings (SSSR count). The zero-order valence-corrected chi connectivity index (χ0v) is 9.66. The first kappa shape index (κ1) is 11.1. The van der Waals surface area contributed by atoms with Gasteiger partial charge in [-0.2, -0.15) is 5.10 Å². The Bertz CT molecular complexity index is 407. The van der Waals surface area contributed by atoms with Crippen LogP contribution in [0.4, 0.5) is 0 Å². The van der Waals surface area contributed by atoms with Gasteiger partial charge in [-0.05, 0) is 32.3 Å². The predicted octanol–water partition coefficient (Wildman–Crippen LogP) is 0.373. The zero-order chi connectivity index (χ0) is 11.8. The number of carbonyl (C=O) groups is 1. The van der Waals surface area contributed by atoms with Gasteiger partial charge in [0.15, 0.2) is 0 Å². The highest BCUT2D eigenvalue weighted by atomic mass is 16.3. The minimum absolute atomic E-state index is 0.177. The summed E-state index contributed by atoms with van der Waals surface area (Å²) in [5.41, 5.74) is 0.666. The lowest BCUT2D eigenvalue weighted by atomic mass is 9.80. The van der Waals surface area contributed by atoms with Crippen LogP contribution in [-0.4, -0.2) is 32.9 Å². The second-order valence-electron chi connectivity index (χ2n) is 4.56. The average Bonchev–Trinajstić information content (AvgIpc) is 2.51. The van der Waals surface area contributed by atoms with E-state index in [4.69, 9.17) is 0 Å². The topological polar surface area (TPSA) is 67.2 Å². The van der Waals surface area contributed by atoms with Crippen LogP contribution in [0.15, 0.2) is 6.07 Å². The number of aryl methyl sites for hydroxylation is 2. The van der Waals surface area contributed by atoms with E-state index in [1.54, 1.807) is 17.8 Å². The number of aromatic nitrogens is 2. The van der Waals surface area contributed by atoms with Gasteiger partial charge in [0.25, 0.3) is 5.91 Å². The molecule has 1 aliphatic rings. The Kier molecular flexibility index (Phi) is 2.71. The van der Waals surface area contributed by atoms with Crippen LogP contribution in [0.1, 0.15) is 35.4 Å². The minimum Gasteiger partial charge on any atom is -0.388 e. The zero-order valence-electron chi connectivity index (χ0n) is 9.66. The van der Waals surface area contributed by atoms with E-state index < -0.39 is 5.60 Å². The Morgan fingerprint density at radius 1 is 1.69 bits per heavy atom. The lowest BCUT2D eigenvalue weighted by Crippen LogP contribution is -2.48. The fourth-order valence-corrected chi connectivity index (χ4v) is 1.92. The molecule has 1 amide bonds. The number of hydrogen-bond acceptors (Lipinski definition) is 3. The molecule has 1 heterocycles. The Balaban J connectivity index is 1.95. The van der Waals surface area contributed by atoms with Gasteiger partial charge in [-0.25, -0.2) is 0 Å². The molecule has 0 radical (unpaired) electrons. The lowest BCUT2D eigenvalue weighted by Gasteiger charge is -2.36. The molecule has 0 unspecified atom stereocenters. The molecule has 1 fully saturated rings. The molecule has 0 spiro atoms. The first-order chi connectivity index (χ1) is 7.50. The highest BCUT2D eigenvalue weighted by molar-refractivity contribution is 5.92. The number of amides is 1. The molecule has 1 aliphatic carbocycles. The van der Waals surface area contributed by atoms with Gasteiger partial charge < -0.3 is 10.4 Å². The third-order valence-electron chi connectivity index (χ3n) is 3.10. The molecule has 0 atom stereocenters. The van der Waals surface area contributed by atoms with Gasteiger partial charge in [0, 0.05) is 13.6 Å². The number of rotatable bonds is 3. The molecule has 1 saturated carbocycles. The van der Waals surface area contributed by atoms with Gasteiger partial charge in [-0.1, -0.05) is 0 Å². The highest BCUT2D eigenvalue weighted by Crippen LogP contribution is 2.30. The van der Waals surface area contributed by atoms with Crippen LogP contribution in [-0.2, 0) is 7.05 Å². The summed E-state index contributed by atoms with van der Waals surface area (Å²) in [6.45, 7) is 2.17. The Labute approximate surface area is 94.5 Å². The molecule has 0 saturated heterocycles. The Morgan fingerprint density at radius 2 is 2.38 bits per heavy atom. The van der Waals surface area contributed by atoms with Crippen LogP contribution in [0.25, 0.3) is 0 Å². The number of hydrogen-bond donors (Lipinski definition) is 2. The summed E-state index contributed by atoms with van der Waals surface area (Å²) in [5.74, 6) is -0.177. The first-order valence-corrected chi connectivity index (χ1v) is 5.51. The Morgan fingerprint density at radius 3 is 2.81 bits per heavy atom. The summed E-state index contributed by atoms with van der Waals surface area (Å²) in [5, 5.41) is 16.7. The van der Waals surface area contributed by atoms with Crippen LogP contribution in [0, 0.1) is 6.92 Å². The summed E-state index contributed by atoms with van der Waals surface area (Å²) in [6.07, 6.45) is 2.59. The van der Waals surface area contributed by atoms with Gasteiger partial charge in [0.1, 0.15) is 5.69 Å². The molecular weight excluding hydrogens is 206 g/mol. The molecule has 5 nitrogen and oxygen atoms in total. The van der Waals surface area contributed by atoms with Gasteiger partial charge in [-0.3, -0.25) is 9.48 Å². The van der Waals surface area contributed by atoms with Crippen molar-refractivity contribution in [1.82, 2.24) is 15.1 Å². The fraction of sp³-hybridized carbons (Fsp3) is 0.636. The molecular formula is C11H17N3O2. The summed E-state index contributed by atoms with van der Waals surface area (Å²) in [4.78, 5) is 11.8. The number of aliphatic hydroxyl groups is 1. The van der Waals surface area contributed by atoms with Crippen molar-refractivity contribution in [2.24, 2.45) is 7.05 Å². The van der Waals surface area contributed by atoms with E-state index >= 15 is 0 Å². The standard InChI is InChI=1S/C11H17N3O2/c1-8-6-9(14(2)13-8)10(15)12-7-11(16)4-3-5-11/h6,16H,3-5,7H2,1-2H3,(H,12,15). The third kappa shape index (κ3) is 2.09. The van der Waals surface area contributed by atoms with E-state index in [1.165, 1.54) is 0 Å². The van der Waals surface area contributed by atoms with Crippen LogP contribution >= 0.6 is 0 Å². The van der Waals surface area contributed by atoms with Crippen molar-refractivity contribution >= 4 is 5.91 Å². The summed E-state index contributed by atoms with van der Waals surface area (Å²) in [7, 11) is 1.74. The highest BCUT2D eigenvalue weighted by Gasteiger charge is 2.34. The SMILES string of the molecule is Cc1cc(C(=O)NCC2(O)CCC2)n(C)n1. The van der Waals surface area contributed by atoms with E-state index in [-0.39, 0.29) is 5.91 Å². The number of carbonyl (C=O) groups excluding carboxylic acids is 1. The van der Waals surface area contributed by atoms with Gasteiger partial charge in [-0.15, -0.1) is 0 Å². The minimum atomic E-state index is -0.677. The first-order valence-electron chi connectivity index (χ1n) is 5.51. The molecule has 0 aliphatic heterocycles. The molecule has 0 aromatic carbocycles. The quantitative estimate of drug-likeness (QED) is 0.778. The molecule has 16 heavy (non-hydrogen) atoms. The van der Waals surface area contributed by atoms with Gasteiger partial charge in [0.05, 0.1) is 11.3 Å². The molecule has 5 heteroatoms. The average molecular weight is 223 g/mol. The van der Waals surface area contributed by atoms with Crippen LogP contribution < -0.4 is 5.32 Å². The maximum atomic E-state index is 11.8. The molecule has 1 aromatic rings. The second kappa shape index (κ2) is 3.90. The largest absolute Gasteiger partial charge is 0.388 e. The van der Waals surface area contributed by atoms with Crippen molar-refractivity contribution in [2.75, 3.05) is 6.54 Å². The fourth-order valence-electron chi connectivity index (χ4n) is 1.92. The van der Waals surface area contributed by atoms with Crippen LogP contribution in [0.2, 0.25) is 0 Å². The molecule has 88 valence electrons. The van der Waals surface area contributed by atoms with Crippen molar-refractivity contribution in [3.05, 3.63) is 17.5 Å². The second-order valence-corrected chi connectivity index (χ2v) is 4.56. The molecule has 2 N–H and O–H groups in total. The van der Waals surface area contributed by atoms with Crippen molar-refractivity contribution in [3.63, 3.8) is 0 Å². The normalized spacial score (nSPS) is 17.9. The predicted molar refractivity (Wildman–Crippen MR) is 59.1 cm³/mol. The van der Waals surface area contributed by atoms with Crippen molar-refractivity contribution in [1.29, 1.82) is 0 Å². The lowest BCUT2D eigenvalue weighted by molar-refractivity contribution is -0.0301. The smallest absolute Gasteiger partial charge is 0.269 e. The van der Waals surface area contributed by atoms with E-state index in [9.17, 15) is 9.90 Å². The van der Waals surface area contributed by atoms with E-state index in [0.717, 1.165) is 25.0 Å². The van der Waals surface area contributed by atoms with Gasteiger partial charge in [0.2, 0.25) is 0 Å². The maximum absolute atomic E-state index is 11.8. The van der Waals surface area contributed by atoms with Crippen LogP contribution in [0.3, 0.4) is 0 Å². The monoisotopic (exact) mass is 223 g/mol. The van der Waals surface area contributed by atoms with E-state index in [2.05, 4.69) is 10.4 Å². The van der Waals surface area contributed by atoms with E-state index in [1.807, 2.05) is 6.92 Å². The number of nitrogens with one attached hydrogen (secondary N) is 1. The van der Waals surface area contributed by atoms with E-state index in [0.29, 0.717) is 12.2 Å². The van der Waals surface area contributed by atoms with Crippen molar-refractivity contribution in [2.45, 2.75) is 31.8 Å². The van der Waals surface area contributed by atoms with Crippen molar-refractivity contribution in [3.8, 4) is 0 Å². The molecule has 0 bridgehead atoms. The Hall–Kier alpha value is -1.36. The molecule has 1 aromatic heterocycles. The maximum Gasteiger partial charge on any atom is 0.269 e. The van der Waals surface area contributed by atoms with Crippen molar-refractivity contribution < 1.29 is 9.90 Å². The van der Waals surface area contributed by atoms with Gasteiger partial charge >= 0.3 is 0 Å².